The van der Waals surface area contributed by atoms with Gasteiger partial charge in [0.1, 0.15) is 40.8 Å². The van der Waals surface area contributed by atoms with E-state index in [0.29, 0.717) is 5.75 Å². The Morgan fingerprint density at radius 2 is 1.59 bits per heavy atom. The van der Waals surface area contributed by atoms with Gasteiger partial charge in [-0.2, -0.15) is 0 Å². The van der Waals surface area contributed by atoms with Crippen LogP contribution < -0.4 is 19.6 Å². The maximum Gasteiger partial charge on any atom is 0.508 e. The molecule has 0 amide bonds. The lowest BCUT2D eigenvalue weighted by Gasteiger charge is -2.38. The second-order valence-electron chi connectivity index (χ2n) is 7.84. The molecule has 0 bridgehead atoms. The minimum absolute atomic E-state index is 0.179. The van der Waals surface area contributed by atoms with Crippen LogP contribution in [0.2, 0.25) is 0 Å². The Balaban J connectivity index is 1.89. The van der Waals surface area contributed by atoms with E-state index in [1.54, 1.807) is 0 Å². The summed E-state index contributed by atoms with van der Waals surface area (Å²) in [6.45, 7) is 0. The molecule has 37 heavy (non-hydrogen) atoms. The van der Waals surface area contributed by atoms with Crippen LogP contribution in [0.15, 0.2) is 39.5 Å². The van der Waals surface area contributed by atoms with E-state index in [4.69, 9.17) is 28.5 Å². The molecule has 5 atom stereocenters. The quantitative estimate of drug-likeness (QED) is 0.246. The molecule has 198 valence electrons. The summed E-state index contributed by atoms with van der Waals surface area (Å²) in [4.78, 5) is 24.4. The van der Waals surface area contributed by atoms with Gasteiger partial charge in [0, 0.05) is 17.7 Å². The van der Waals surface area contributed by atoms with Crippen molar-refractivity contribution in [3.05, 3.63) is 40.6 Å². The fraction of sp³-hybridized carbons (Fsp3) is 0.304. The summed E-state index contributed by atoms with van der Waals surface area (Å²) < 4.78 is 31.4. The predicted molar refractivity (Wildman–Crippen MR) is 121 cm³/mol. The molecule has 14 heteroatoms. The number of hydrogen-bond donors (Lipinski definition) is 6. The number of ether oxygens (including phenoxy) is 5. The van der Waals surface area contributed by atoms with Gasteiger partial charge in [-0.1, -0.05) is 0 Å². The lowest BCUT2D eigenvalue weighted by molar-refractivity contribution is -0.321. The average molecular weight is 522 g/mol. The Morgan fingerprint density at radius 3 is 2.24 bits per heavy atom. The third-order valence-corrected chi connectivity index (χ3v) is 5.54. The standard InChI is InChI=1S/C23H22O14/c1-32-11-4-3-8(5-12(11)33-2)19-20(15(26)14-10(25)6-9(24)7-13(14)34-19)35-21-17(28)16(27)18(29)22(36-21)37-23(30)31/h3-7,16-18,21-22,24-25,27-29H,1-2H3,(H,30,31). The van der Waals surface area contributed by atoms with Crippen molar-refractivity contribution in [3.8, 4) is 40.1 Å². The molecular formula is C23H22O14. The van der Waals surface area contributed by atoms with Gasteiger partial charge in [0.05, 0.1) is 14.2 Å². The number of fused-ring (bicyclic) bond motifs is 1. The number of rotatable bonds is 6. The van der Waals surface area contributed by atoms with Crippen LogP contribution in [0.3, 0.4) is 0 Å². The second kappa shape index (κ2) is 10.0. The Labute approximate surface area is 207 Å². The van der Waals surface area contributed by atoms with Crippen LogP contribution in [0.5, 0.6) is 28.7 Å². The molecule has 6 N–H and O–H groups in total. The van der Waals surface area contributed by atoms with Gasteiger partial charge in [0.2, 0.25) is 23.8 Å². The van der Waals surface area contributed by atoms with Crippen molar-refractivity contribution in [3.63, 3.8) is 0 Å². The number of aromatic hydroxyl groups is 2. The highest BCUT2D eigenvalue weighted by atomic mass is 16.8. The monoisotopic (exact) mass is 522 g/mol. The number of phenols is 2. The van der Waals surface area contributed by atoms with Crippen LogP contribution in [-0.2, 0) is 9.47 Å². The first-order chi connectivity index (χ1) is 17.5. The maximum absolute atomic E-state index is 13.5. The van der Waals surface area contributed by atoms with Crippen molar-refractivity contribution in [1.82, 2.24) is 0 Å². The Morgan fingerprint density at radius 1 is 0.919 bits per heavy atom. The van der Waals surface area contributed by atoms with E-state index in [1.165, 1.54) is 32.4 Å². The molecule has 2 heterocycles. The summed E-state index contributed by atoms with van der Waals surface area (Å²) in [6.07, 6.45) is -11.7. The number of aliphatic hydroxyl groups excluding tert-OH is 3. The molecule has 1 aliphatic heterocycles. The molecule has 14 nitrogen and oxygen atoms in total. The number of carbonyl (C=O) groups is 1. The van der Waals surface area contributed by atoms with Gasteiger partial charge >= 0.3 is 6.16 Å². The maximum atomic E-state index is 13.5. The highest BCUT2D eigenvalue weighted by molar-refractivity contribution is 5.88. The van der Waals surface area contributed by atoms with Crippen LogP contribution >= 0.6 is 0 Å². The van der Waals surface area contributed by atoms with Crippen molar-refractivity contribution < 1.29 is 63.5 Å². The molecule has 0 aliphatic carbocycles. The molecular weight excluding hydrogens is 500 g/mol. The first kappa shape index (κ1) is 25.8. The molecule has 1 fully saturated rings. The van der Waals surface area contributed by atoms with E-state index < -0.39 is 65.1 Å². The van der Waals surface area contributed by atoms with Crippen molar-refractivity contribution in [2.24, 2.45) is 0 Å². The number of aliphatic hydroxyl groups is 3. The van der Waals surface area contributed by atoms with Crippen molar-refractivity contribution in [1.29, 1.82) is 0 Å². The molecule has 3 aromatic rings. The van der Waals surface area contributed by atoms with Crippen LogP contribution in [0.25, 0.3) is 22.3 Å². The van der Waals surface area contributed by atoms with E-state index in [0.717, 1.165) is 12.1 Å². The SMILES string of the molecule is COc1ccc(-c2oc3cc(O)cc(O)c3c(=O)c2OC2OC(OC(=O)O)C(O)C(O)C2O)cc1OC. The summed E-state index contributed by atoms with van der Waals surface area (Å²) in [5.74, 6) is -1.41. The zero-order valence-electron chi connectivity index (χ0n) is 19.2. The van der Waals surface area contributed by atoms with E-state index in [-0.39, 0.29) is 22.7 Å². The molecule has 2 aromatic carbocycles. The molecule has 4 rings (SSSR count). The van der Waals surface area contributed by atoms with E-state index in [1.807, 2.05) is 0 Å². The summed E-state index contributed by atoms with van der Waals surface area (Å²) in [7, 11) is 2.78. The fourth-order valence-corrected chi connectivity index (χ4v) is 3.77. The van der Waals surface area contributed by atoms with Crippen LogP contribution in [0.1, 0.15) is 0 Å². The second-order valence-corrected chi connectivity index (χ2v) is 7.84. The average Bonchev–Trinajstić information content (AvgIpc) is 2.85. The van der Waals surface area contributed by atoms with Crippen molar-refractivity contribution >= 4 is 17.1 Å². The molecule has 0 radical (unpaired) electrons. The van der Waals surface area contributed by atoms with Gasteiger partial charge in [-0.3, -0.25) is 9.53 Å². The van der Waals surface area contributed by atoms with Gasteiger partial charge in [-0.25, -0.2) is 4.79 Å². The summed E-state index contributed by atoms with van der Waals surface area (Å²) in [5.41, 5.74) is -1.03. The van der Waals surface area contributed by atoms with E-state index in [9.17, 15) is 35.1 Å². The summed E-state index contributed by atoms with van der Waals surface area (Å²) in [5, 5.41) is 59.2. The van der Waals surface area contributed by atoms with Gasteiger partial charge in [0.15, 0.2) is 17.3 Å². The smallest absolute Gasteiger partial charge is 0.508 e. The predicted octanol–water partition coefficient (Wildman–Crippen LogP) is 0.727. The third-order valence-electron chi connectivity index (χ3n) is 5.54. The van der Waals surface area contributed by atoms with Gasteiger partial charge < -0.3 is 54.0 Å². The van der Waals surface area contributed by atoms with Gasteiger partial charge in [-0.15, -0.1) is 0 Å². The van der Waals surface area contributed by atoms with Crippen LogP contribution in [-0.4, -0.2) is 81.9 Å². The van der Waals surface area contributed by atoms with Crippen LogP contribution in [0, 0.1) is 0 Å². The normalized spacial score (nSPS) is 23.4. The minimum atomic E-state index is -1.99. The fourth-order valence-electron chi connectivity index (χ4n) is 3.77. The Kier molecular flexibility index (Phi) is 7.00. The summed E-state index contributed by atoms with van der Waals surface area (Å²) in [6, 6.07) is 6.35. The molecule has 1 aliphatic rings. The first-order valence-electron chi connectivity index (χ1n) is 10.6. The van der Waals surface area contributed by atoms with Gasteiger partial charge in [-0.05, 0) is 18.2 Å². The molecule has 1 saturated heterocycles. The lowest BCUT2D eigenvalue weighted by Crippen LogP contribution is -2.60. The Hall–Kier alpha value is -4.24. The highest BCUT2D eigenvalue weighted by Crippen LogP contribution is 2.40. The molecule has 1 aromatic heterocycles. The zero-order valence-corrected chi connectivity index (χ0v) is 19.2. The van der Waals surface area contributed by atoms with Crippen molar-refractivity contribution in [2.45, 2.75) is 30.9 Å². The molecule has 5 unspecified atom stereocenters. The third kappa shape index (κ3) is 4.77. The number of methoxy groups -OCH3 is 2. The van der Waals surface area contributed by atoms with E-state index in [2.05, 4.69) is 4.74 Å². The Bertz CT molecular complexity index is 1380. The van der Waals surface area contributed by atoms with E-state index >= 15 is 0 Å². The number of hydrogen-bond acceptors (Lipinski definition) is 13. The molecule has 0 spiro atoms. The van der Waals surface area contributed by atoms with Gasteiger partial charge in [0.25, 0.3) is 0 Å². The minimum Gasteiger partial charge on any atom is -0.508 e. The topological polar surface area (TPSA) is 215 Å². The molecule has 0 saturated carbocycles. The number of phenolic OH excluding ortho intramolecular Hbond substituents is 2. The first-order valence-corrected chi connectivity index (χ1v) is 10.6. The number of carboxylic acid groups (broad SMARTS) is 1. The highest BCUT2D eigenvalue weighted by Gasteiger charge is 2.47. The lowest BCUT2D eigenvalue weighted by atomic mass is 10.0. The largest absolute Gasteiger partial charge is 0.508 e. The van der Waals surface area contributed by atoms with Crippen molar-refractivity contribution in [2.75, 3.05) is 14.2 Å². The summed E-state index contributed by atoms with van der Waals surface area (Å²) >= 11 is 0. The zero-order chi connectivity index (χ0) is 27.0. The number of benzene rings is 2. The van der Waals surface area contributed by atoms with Crippen LogP contribution in [0.4, 0.5) is 4.79 Å².